The quantitative estimate of drug-likeness (QED) is 0.241. The lowest BCUT2D eigenvalue weighted by molar-refractivity contribution is 0.0891. The summed E-state index contributed by atoms with van der Waals surface area (Å²) >= 11 is 0. The zero-order valence-electron chi connectivity index (χ0n) is 21.9. The SMILES string of the molecule is Cc1ccnc(C(=O)CC(=O)c2cc(Cc3ccccc3)cc(-c3cccc(N4CCN(C)CC4)n3)c2)c1. The number of ketones is 2. The van der Waals surface area contributed by atoms with E-state index in [1.807, 2.05) is 61.5 Å². The predicted octanol–water partition coefficient (Wildman–Crippen LogP) is 5.25. The summed E-state index contributed by atoms with van der Waals surface area (Å²) in [6.07, 6.45) is 2.06. The molecule has 0 N–H and O–H groups in total. The van der Waals surface area contributed by atoms with E-state index in [9.17, 15) is 9.59 Å². The summed E-state index contributed by atoms with van der Waals surface area (Å²) in [5, 5.41) is 0. The lowest BCUT2D eigenvalue weighted by Gasteiger charge is -2.33. The van der Waals surface area contributed by atoms with E-state index in [-0.39, 0.29) is 18.0 Å². The largest absolute Gasteiger partial charge is 0.354 e. The Labute approximate surface area is 224 Å². The van der Waals surface area contributed by atoms with Crippen molar-refractivity contribution in [2.45, 2.75) is 19.8 Å². The van der Waals surface area contributed by atoms with Gasteiger partial charge in [-0.15, -0.1) is 0 Å². The van der Waals surface area contributed by atoms with Gasteiger partial charge >= 0.3 is 0 Å². The van der Waals surface area contributed by atoms with Crippen LogP contribution in [0.4, 0.5) is 5.82 Å². The first-order valence-corrected chi connectivity index (χ1v) is 13.0. The van der Waals surface area contributed by atoms with Crippen LogP contribution < -0.4 is 4.90 Å². The van der Waals surface area contributed by atoms with Crippen LogP contribution in [0, 0.1) is 6.92 Å². The normalized spacial score (nSPS) is 13.9. The zero-order chi connectivity index (χ0) is 26.5. The highest BCUT2D eigenvalue weighted by Gasteiger charge is 2.19. The third-order valence-corrected chi connectivity index (χ3v) is 6.95. The Morgan fingerprint density at radius 3 is 2.37 bits per heavy atom. The number of pyridine rings is 2. The van der Waals surface area contributed by atoms with Gasteiger partial charge in [0.15, 0.2) is 11.6 Å². The van der Waals surface area contributed by atoms with Gasteiger partial charge in [0.25, 0.3) is 0 Å². The summed E-state index contributed by atoms with van der Waals surface area (Å²) in [7, 11) is 2.14. The van der Waals surface area contributed by atoms with Crippen molar-refractivity contribution in [2.24, 2.45) is 0 Å². The standard InChI is InChI=1S/C32H32N4O2/c1-23-11-12-33-29(17-23)31(38)22-30(37)27-20-25(18-24-7-4-3-5-8-24)19-26(21-27)28-9-6-10-32(34-28)36-15-13-35(2)14-16-36/h3-12,17,19-21H,13-16,18,22H2,1-2H3. The minimum absolute atomic E-state index is 0.218. The highest BCUT2D eigenvalue weighted by molar-refractivity contribution is 6.13. The Morgan fingerprint density at radius 1 is 0.816 bits per heavy atom. The smallest absolute Gasteiger partial charge is 0.188 e. The number of nitrogens with zero attached hydrogens (tertiary/aromatic N) is 4. The lowest BCUT2D eigenvalue weighted by atomic mass is 9.95. The van der Waals surface area contributed by atoms with Crippen LogP contribution in [-0.4, -0.2) is 59.7 Å². The van der Waals surface area contributed by atoms with Crippen molar-refractivity contribution in [3.63, 3.8) is 0 Å². The summed E-state index contributed by atoms with van der Waals surface area (Å²) < 4.78 is 0. The minimum Gasteiger partial charge on any atom is -0.354 e. The molecule has 2 aromatic carbocycles. The van der Waals surface area contributed by atoms with Crippen molar-refractivity contribution in [3.05, 3.63) is 113 Å². The van der Waals surface area contributed by atoms with Gasteiger partial charge in [-0.05, 0) is 79.5 Å². The monoisotopic (exact) mass is 504 g/mol. The average Bonchev–Trinajstić information content (AvgIpc) is 2.94. The minimum atomic E-state index is -0.274. The second-order valence-electron chi connectivity index (χ2n) is 9.99. The number of hydrogen-bond acceptors (Lipinski definition) is 6. The van der Waals surface area contributed by atoms with Crippen LogP contribution in [0.3, 0.4) is 0 Å². The Balaban J connectivity index is 1.46. The van der Waals surface area contributed by atoms with Crippen molar-refractivity contribution < 1.29 is 9.59 Å². The van der Waals surface area contributed by atoms with E-state index < -0.39 is 0 Å². The Morgan fingerprint density at radius 2 is 1.61 bits per heavy atom. The maximum Gasteiger partial charge on any atom is 0.188 e. The van der Waals surface area contributed by atoms with Crippen LogP contribution in [0.2, 0.25) is 0 Å². The van der Waals surface area contributed by atoms with Crippen LogP contribution in [0.1, 0.15) is 44.0 Å². The molecule has 1 aliphatic rings. The molecule has 6 nitrogen and oxygen atoms in total. The van der Waals surface area contributed by atoms with Gasteiger partial charge < -0.3 is 9.80 Å². The van der Waals surface area contributed by atoms with Gasteiger partial charge in [-0.3, -0.25) is 14.6 Å². The van der Waals surface area contributed by atoms with Gasteiger partial charge in [0, 0.05) is 43.5 Å². The fourth-order valence-corrected chi connectivity index (χ4v) is 4.76. The van der Waals surface area contributed by atoms with Gasteiger partial charge in [-0.1, -0.05) is 36.4 Å². The van der Waals surface area contributed by atoms with E-state index in [2.05, 4.69) is 40.0 Å². The molecular weight excluding hydrogens is 472 g/mol. The molecule has 1 saturated heterocycles. The number of benzene rings is 2. The Bertz CT molecular complexity index is 1440. The molecule has 5 rings (SSSR count). The molecule has 4 aromatic rings. The summed E-state index contributed by atoms with van der Waals surface area (Å²) in [6.45, 7) is 5.77. The van der Waals surface area contributed by atoms with Crippen molar-refractivity contribution in [1.82, 2.24) is 14.9 Å². The zero-order valence-corrected chi connectivity index (χ0v) is 21.9. The molecule has 0 radical (unpaired) electrons. The molecule has 1 fully saturated rings. The van der Waals surface area contributed by atoms with E-state index in [0.717, 1.165) is 59.9 Å². The molecule has 0 aliphatic carbocycles. The summed E-state index contributed by atoms with van der Waals surface area (Å²) in [4.78, 5) is 40.0. The number of aryl methyl sites for hydroxylation is 1. The Hall–Kier alpha value is -4.16. The van der Waals surface area contributed by atoms with E-state index in [1.54, 1.807) is 12.3 Å². The fraction of sp³-hybridized carbons (Fsp3) is 0.250. The molecule has 2 aromatic heterocycles. The highest BCUT2D eigenvalue weighted by Crippen LogP contribution is 2.26. The maximum absolute atomic E-state index is 13.4. The molecule has 3 heterocycles. The molecular formula is C32H32N4O2. The molecule has 38 heavy (non-hydrogen) atoms. The number of hydrogen-bond donors (Lipinski definition) is 0. The lowest BCUT2D eigenvalue weighted by Crippen LogP contribution is -2.44. The average molecular weight is 505 g/mol. The molecule has 1 aliphatic heterocycles. The number of rotatable bonds is 8. The first kappa shape index (κ1) is 25.5. The number of carbonyl (C=O) groups is 2. The number of Topliss-reactive ketones (excluding diaryl/α,β-unsaturated/α-hetero) is 2. The molecule has 0 spiro atoms. The third-order valence-electron chi connectivity index (χ3n) is 6.95. The molecule has 0 unspecified atom stereocenters. The summed E-state index contributed by atoms with van der Waals surface area (Å²) in [6, 6.07) is 25.7. The summed E-state index contributed by atoms with van der Waals surface area (Å²) in [5.74, 6) is 0.450. The molecule has 192 valence electrons. The number of likely N-dealkylation sites (N-methyl/N-ethyl adjacent to an activating group) is 1. The van der Waals surface area contributed by atoms with Crippen LogP contribution in [0.5, 0.6) is 0 Å². The van der Waals surface area contributed by atoms with Crippen LogP contribution in [-0.2, 0) is 6.42 Å². The van der Waals surface area contributed by atoms with Crippen molar-refractivity contribution in [3.8, 4) is 11.3 Å². The third kappa shape index (κ3) is 6.21. The van der Waals surface area contributed by atoms with Crippen molar-refractivity contribution in [2.75, 3.05) is 38.1 Å². The van der Waals surface area contributed by atoms with Crippen molar-refractivity contribution in [1.29, 1.82) is 0 Å². The second-order valence-corrected chi connectivity index (χ2v) is 9.99. The van der Waals surface area contributed by atoms with E-state index in [1.165, 1.54) is 0 Å². The van der Waals surface area contributed by atoms with Gasteiger partial charge in [0.1, 0.15) is 11.5 Å². The topological polar surface area (TPSA) is 66.4 Å². The number of aromatic nitrogens is 2. The van der Waals surface area contributed by atoms with Gasteiger partial charge in [0.2, 0.25) is 0 Å². The van der Waals surface area contributed by atoms with Crippen LogP contribution in [0.15, 0.2) is 85.1 Å². The van der Waals surface area contributed by atoms with Gasteiger partial charge in [-0.25, -0.2) is 4.98 Å². The molecule has 0 amide bonds. The number of anilines is 1. The van der Waals surface area contributed by atoms with E-state index >= 15 is 0 Å². The highest BCUT2D eigenvalue weighted by atomic mass is 16.1. The van der Waals surface area contributed by atoms with Crippen LogP contribution in [0.25, 0.3) is 11.3 Å². The first-order valence-electron chi connectivity index (χ1n) is 13.0. The summed E-state index contributed by atoms with van der Waals surface area (Å²) in [5.41, 5.74) is 5.62. The number of piperazine rings is 1. The molecule has 0 atom stereocenters. The molecule has 0 saturated carbocycles. The van der Waals surface area contributed by atoms with Gasteiger partial charge in [0.05, 0.1) is 12.1 Å². The maximum atomic E-state index is 13.4. The fourth-order valence-electron chi connectivity index (χ4n) is 4.76. The first-order chi connectivity index (χ1) is 18.4. The number of carbonyl (C=O) groups excluding carboxylic acids is 2. The van der Waals surface area contributed by atoms with E-state index in [0.29, 0.717) is 17.7 Å². The second kappa shape index (κ2) is 11.5. The predicted molar refractivity (Wildman–Crippen MR) is 151 cm³/mol. The van der Waals surface area contributed by atoms with Crippen molar-refractivity contribution >= 4 is 17.4 Å². The van der Waals surface area contributed by atoms with E-state index in [4.69, 9.17) is 4.98 Å². The van der Waals surface area contributed by atoms with Crippen LogP contribution >= 0.6 is 0 Å². The molecule has 0 bridgehead atoms. The molecule has 6 heteroatoms. The van der Waals surface area contributed by atoms with Gasteiger partial charge in [-0.2, -0.15) is 0 Å². The Kier molecular flexibility index (Phi) is 7.70.